The van der Waals surface area contributed by atoms with Gasteiger partial charge in [0.2, 0.25) is 0 Å². The minimum absolute atomic E-state index is 0.193. The van der Waals surface area contributed by atoms with Crippen molar-refractivity contribution in [3.8, 4) is 0 Å². The number of benzene rings is 1. The van der Waals surface area contributed by atoms with Crippen LogP contribution in [0.2, 0.25) is 0 Å². The SMILES string of the molecule is CC1=N/C(=C\c2cccc(F)c2)C(=O)O1. The van der Waals surface area contributed by atoms with Crippen LogP contribution < -0.4 is 0 Å². The highest BCUT2D eigenvalue weighted by Gasteiger charge is 2.19. The molecule has 0 aromatic heterocycles. The summed E-state index contributed by atoms with van der Waals surface area (Å²) in [6.07, 6.45) is 1.49. The summed E-state index contributed by atoms with van der Waals surface area (Å²) in [6, 6.07) is 5.91. The number of nitrogens with zero attached hydrogens (tertiary/aromatic N) is 1. The number of carbonyl (C=O) groups is 1. The fraction of sp³-hybridized carbons (Fsp3) is 0.0909. The van der Waals surface area contributed by atoms with Gasteiger partial charge in [0.15, 0.2) is 11.6 Å². The Morgan fingerprint density at radius 2 is 2.27 bits per heavy atom. The topological polar surface area (TPSA) is 38.7 Å². The van der Waals surface area contributed by atoms with E-state index in [0.717, 1.165) is 0 Å². The molecule has 0 amide bonds. The van der Waals surface area contributed by atoms with Gasteiger partial charge in [-0.1, -0.05) is 12.1 Å². The van der Waals surface area contributed by atoms with Crippen LogP contribution in [0.5, 0.6) is 0 Å². The molecule has 1 aliphatic heterocycles. The van der Waals surface area contributed by atoms with E-state index in [2.05, 4.69) is 4.99 Å². The lowest BCUT2D eigenvalue weighted by molar-refractivity contribution is -0.130. The lowest BCUT2D eigenvalue weighted by atomic mass is 10.2. The number of cyclic esters (lactones) is 1. The molecule has 3 nitrogen and oxygen atoms in total. The van der Waals surface area contributed by atoms with Crippen molar-refractivity contribution >= 4 is 17.9 Å². The fourth-order valence-electron chi connectivity index (χ4n) is 1.27. The summed E-state index contributed by atoms with van der Waals surface area (Å²) in [7, 11) is 0. The molecule has 0 saturated carbocycles. The van der Waals surface area contributed by atoms with E-state index in [4.69, 9.17) is 4.74 Å². The van der Waals surface area contributed by atoms with E-state index in [0.29, 0.717) is 11.5 Å². The molecule has 0 fully saturated rings. The second-order valence-corrected chi connectivity index (χ2v) is 3.10. The van der Waals surface area contributed by atoms with Crippen molar-refractivity contribution in [1.82, 2.24) is 0 Å². The quantitative estimate of drug-likeness (QED) is 0.520. The van der Waals surface area contributed by atoms with Gasteiger partial charge in [0.05, 0.1) is 0 Å². The number of halogens is 1. The molecule has 0 radical (unpaired) electrons. The number of aliphatic imine (C=N–C) groups is 1. The van der Waals surface area contributed by atoms with E-state index in [1.807, 2.05) is 0 Å². The lowest BCUT2D eigenvalue weighted by Gasteiger charge is -1.93. The predicted octanol–water partition coefficient (Wildman–Crippen LogP) is 2.14. The second kappa shape index (κ2) is 3.65. The van der Waals surface area contributed by atoms with Gasteiger partial charge in [-0.2, -0.15) is 0 Å². The van der Waals surface area contributed by atoms with Crippen molar-refractivity contribution in [2.75, 3.05) is 0 Å². The summed E-state index contributed by atoms with van der Waals surface area (Å²) >= 11 is 0. The van der Waals surface area contributed by atoms with Gasteiger partial charge in [-0.05, 0) is 23.8 Å². The molecule has 1 aromatic carbocycles. The van der Waals surface area contributed by atoms with Gasteiger partial charge in [0.1, 0.15) is 5.82 Å². The number of rotatable bonds is 1. The Kier molecular flexibility index (Phi) is 2.33. The Balaban J connectivity index is 2.35. The van der Waals surface area contributed by atoms with Gasteiger partial charge in [-0.15, -0.1) is 0 Å². The van der Waals surface area contributed by atoms with E-state index in [9.17, 15) is 9.18 Å². The highest BCUT2D eigenvalue weighted by Crippen LogP contribution is 2.15. The summed E-state index contributed by atoms with van der Waals surface area (Å²) < 4.78 is 17.6. The van der Waals surface area contributed by atoms with Gasteiger partial charge in [-0.25, -0.2) is 14.2 Å². The molecule has 1 heterocycles. The Hall–Kier alpha value is -1.97. The number of hydrogen-bond donors (Lipinski definition) is 0. The molecule has 76 valence electrons. The van der Waals surface area contributed by atoms with Crippen molar-refractivity contribution in [3.63, 3.8) is 0 Å². The van der Waals surface area contributed by atoms with Crippen LogP contribution in [-0.4, -0.2) is 11.9 Å². The Morgan fingerprint density at radius 1 is 1.47 bits per heavy atom. The van der Waals surface area contributed by atoms with Crippen LogP contribution in [0.15, 0.2) is 35.0 Å². The molecule has 2 rings (SSSR count). The van der Waals surface area contributed by atoms with Crippen LogP contribution in [0.3, 0.4) is 0 Å². The standard InChI is InChI=1S/C11H8FNO2/c1-7-13-10(11(14)15-7)6-8-3-2-4-9(12)5-8/h2-6H,1H3/b10-6-. The molecule has 0 unspecified atom stereocenters. The minimum Gasteiger partial charge on any atom is -0.407 e. The smallest absolute Gasteiger partial charge is 0.363 e. The van der Waals surface area contributed by atoms with Crippen LogP contribution in [0, 0.1) is 5.82 Å². The highest BCUT2D eigenvalue weighted by molar-refractivity contribution is 6.06. The summed E-state index contributed by atoms with van der Waals surface area (Å²) in [5.41, 5.74) is 0.776. The molecule has 0 bridgehead atoms. The molecule has 0 saturated heterocycles. The number of carbonyl (C=O) groups excluding carboxylic acids is 1. The largest absolute Gasteiger partial charge is 0.407 e. The predicted molar refractivity (Wildman–Crippen MR) is 53.6 cm³/mol. The van der Waals surface area contributed by atoms with E-state index in [-0.39, 0.29) is 11.5 Å². The van der Waals surface area contributed by atoms with E-state index < -0.39 is 5.97 Å². The van der Waals surface area contributed by atoms with E-state index in [1.165, 1.54) is 18.2 Å². The van der Waals surface area contributed by atoms with Crippen molar-refractivity contribution in [2.24, 2.45) is 4.99 Å². The Bertz CT molecular complexity index is 477. The number of hydrogen-bond acceptors (Lipinski definition) is 3. The van der Waals surface area contributed by atoms with Gasteiger partial charge in [0.25, 0.3) is 0 Å². The van der Waals surface area contributed by atoms with E-state index >= 15 is 0 Å². The van der Waals surface area contributed by atoms with Crippen molar-refractivity contribution in [2.45, 2.75) is 6.92 Å². The van der Waals surface area contributed by atoms with Crippen LogP contribution in [0.1, 0.15) is 12.5 Å². The number of ether oxygens (including phenoxy) is 1. The fourth-order valence-corrected chi connectivity index (χ4v) is 1.27. The van der Waals surface area contributed by atoms with Crippen molar-refractivity contribution < 1.29 is 13.9 Å². The average molecular weight is 205 g/mol. The lowest BCUT2D eigenvalue weighted by Crippen LogP contribution is -1.99. The minimum atomic E-state index is -0.503. The molecular weight excluding hydrogens is 197 g/mol. The maximum absolute atomic E-state index is 12.8. The third kappa shape index (κ3) is 2.10. The molecule has 0 atom stereocenters. The van der Waals surface area contributed by atoms with Gasteiger partial charge in [0, 0.05) is 6.92 Å². The third-order valence-corrected chi connectivity index (χ3v) is 1.88. The monoisotopic (exact) mass is 205 g/mol. The van der Waals surface area contributed by atoms with Gasteiger partial charge >= 0.3 is 5.97 Å². The molecule has 0 N–H and O–H groups in total. The van der Waals surface area contributed by atoms with Crippen LogP contribution in [0.25, 0.3) is 6.08 Å². The van der Waals surface area contributed by atoms with Crippen LogP contribution in [0.4, 0.5) is 4.39 Å². The molecule has 15 heavy (non-hydrogen) atoms. The molecular formula is C11H8FNO2. The Morgan fingerprint density at radius 3 is 2.87 bits per heavy atom. The molecule has 4 heteroatoms. The first kappa shape index (κ1) is 9.58. The van der Waals surface area contributed by atoms with Gasteiger partial charge in [-0.3, -0.25) is 0 Å². The summed E-state index contributed by atoms with van der Waals surface area (Å²) in [4.78, 5) is 15.1. The number of esters is 1. The zero-order valence-electron chi connectivity index (χ0n) is 8.03. The van der Waals surface area contributed by atoms with E-state index in [1.54, 1.807) is 19.1 Å². The first-order valence-corrected chi connectivity index (χ1v) is 4.40. The third-order valence-electron chi connectivity index (χ3n) is 1.88. The molecule has 0 spiro atoms. The zero-order chi connectivity index (χ0) is 10.8. The first-order valence-electron chi connectivity index (χ1n) is 4.40. The molecule has 0 aliphatic carbocycles. The van der Waals surface area contributed by atoms with Crippen molar-refractivity contribution in [1.29, 1.82) is 0 Å². The molecule has 1 aromatic rings. The van der Waals surface area contributed by atoms with Gasteiger partial charge < -0.3 is 4.74 Å². The average Bonchev–Trinajstić information content (AvgIpc) is 2.45. The maximum Gasteiger partial charge on any atom is 0.363 e. The Labute approximate surface area is 85.9 Å². The first-order chi connectivity index (χ1) is 7.15. The summed E-state index contributed by atoms with van der Waals surface area (Å²) in [6.45, 7) is 1.59. The van der Waals surface area contributed by atoms with Crippen LogP contribution >= 0.6 is 0 Å². The molecule has 1 aliphatic rings. The van der Waals surface area contributed by atoms with Crippen LogP contribution in [-0.2, 0) is 9.53 Å². The van der Waals surface area contributed by atoms with Crippen molar-refractivity contribution in [3.05, 3.63) is 41.3 Å². The maximum atomic E-state index is 12.8. The highest BCUT2D eigenvalue weighted by atomic mass is 19.1. The second-order valence-electron chi connectivity index (χ2n) is 3.10. The summed E-state index contributed by atoms with van der Waals surface area (Å²) in [5.74, 6) is -0.546. The summed E-state index contributed by atoms with van der Waals surface area (Å²) in [5, 5.41) is 0. The normalized spacial score (nSPS) is 17.9. The zero-order valence-corrected chi connectivity index (χ0v) is 8.03.